The highest BCUT2D eigenvalue weighted by molar-refractivity contribution is 6.32. The van der Waals surface area contributed by atoms with Gasteiger partial charge in [0.2, 0.25) is 0 Å². The van der Waals surface area contributed by atoms with Crippen LogP contribution in [0.3, 0.4) is 0 Å². The summed E-state index contributed by atoms with van der Waals surface area (Å²) in [7, 11) is 0. The molecule has 0 amide bonds. The topological polar surface area (TPSA) is 4.93 Å². The first kappa shape index (κ1) is 8.67. The molecule has 0 saturated heterocycles. The lowest BCUT2D eigenvalue weighted by Gasteiger charge is -2.03. The Morgan fingerprint density at radius 3 is 2.38 bits per heavy atom. The van der Waals surface area contributed by atoms with Crippen LogP contribution in [0, 0.1) is 0 Å². The third kappa shape index (κ3) is 1.71. The van der Waals surface area contributed by atoms with Crippen LogP contribution in [0.1, 0.15) is 0 Å². The monoisotopic (exact) mass is 211 g/mol. The lowest BCUT2D eigenvalue weighted by Crippen LogP contribution is -1.89. The van der Waals surface area contributed by atoms with Crippen LogP contribution >= 0.6 is 23.2 Å². The predicted octanol–water partition coefficient (Wildman–Crippen LogP) is 3.78. The molecule has 0 aliphatic heterocycles. The fourth-order valence-corrected chi connectivity index (χ4v) is 1.58. The minimum Gasteiger partial charge on any atom is -0.321 e. The van der Waals surface area contributed by atoms with Crippen molar-refractivity contribution in [1.29, 1.82) is 0 Å². The Bertz CT molecular complexity index is 420. The summed E-state index contributed by atoms with van der Waals surface area (Å²) >= 11 is 11.8. The summed E-state index contributed by atoms with van der Waals surface area (Å²) in [5, 5.41) is 1.43. The molecule has 2 rings (SSSR count). The van der Waals surface area contributed by atoms with E-state index in [9.17, 15) is 0 Å². The summed E-state index contributed by atoms with van der Waals surface area (Å²) in [5.41, 5.74) is 0.941. The zero-order chi connectivity index (χ0) is 9.26. The van der Waals surface area contributed by atoms with Gasteiger partial charge in [0.1, 0.15) is 0 Å². The average molecular weight is 212 g/mol. The van der Waals surface area contributed by atoms with Crippen LogP contribution < -0.4 is 0 Å². The van der Waals surface area contributed by atoms with Crippen molar-refractivity contribution in [3.05, 3.63) is 52.8 Å². The molecule has 1 nitrogen and oxygen atoms in total. The molecule has 2 aromatic rings. The van der Waals surface area contributed by atoms with E-state index in [2.05, 4.69) is 0 Å². The van der Waals surface area contributed by atoms with Gasteiger partial charge in [-0.05, 0) is 18.2 Å². The number of hydrogen-bond donors (Lipinski definition) is 0. The van der Waals surface area contributed by atoms with Crippen LogP contribution in [0.4, 0.5) is 0 Å². The lowest BCUT2D eigenvalue weighted by atomic mass is 10.3. The van der Waals surface area contributed by atoms with Gasteiger partial charge in [-0.25, -0.2) is 0 Å². The maximum Gasteiger partial charge on any atom is 0.0646 e. The standard InChI is InChI=1S/C10H7Cl2N/c11-8-5-6-13(7-8)10-4-2-1-3-9(10)12/h1-7H. The van der Waals surface area contributed by atoms with Crippen LogP contribution in [0.25, 0.3) is 5.69 Å². The summed E-state index contributed by atoms with van der Waals surface area (Å²) in [5.74, 6) is 0. The normalized spacial score (nSPS) is 10.3. The zero-order valence-corrected chi connectivity index (χ0v) is 8.26. The van der Waals surface area contributed by atoms with Crippen molar-refractivity contribution in [1.82, 2.24) is 4.57 Å². The summed E-state index contributed by atoms with van der Waals surface area (Å²) in [6.07, 6.45) is 3.70. The Hall–Kier alpha value is -0.920. The minimum atomic E-state index is 0.708. The summed E-state index contributed by atoms with van der Waals surface area (Å²) in [4.78, 5) is 0. The molecule has 0 aliphatic rings. The quantitative estimate of drug-likeness (QED) is 0.677. The summed E-state index contributed by atoms with van der Waals surface area (Å²) in [6, 6.07) is 9.46. The van der Waals surface area contributed by atoms with Crippen molar-refractivity contribution in [2.24, 2.45) is 0 Å². The third-order valence-electron chi connectivity index (χ3n) is 1.79. The van der Waals surface area contributed by atoms with E-state index >= 15 is 0 Å². The minimum absolute atomic E-state index is 0.708. The first-order valence-electron chi connectivity index (χ1n) is 3.86. The van der Waals surface area contributed by atoms with E-state index in [-0.39, 0.29) is 0 Å². The van der Waals surface area contributed by atoms with Gasteiger partial charge >= 0.3 is 0 Å². The Morgan fingerprint density at radius 1 is 1.00 bits per heavy atom. The van der Waals surface area contributed by atoms with Crippen LogP contribution in [0.5, 0.6) is 0 Å². The average Bonchev–Trinajstić information content (AvgIpc) is 2.53. The van der Waals surface area contributed by atoms with Crippen LogP contribution in [-0.2, 0) is 0 Å². The van der Waals surface area contributed by atoms with Crippen molar-refractivity contribution in [2.75, 3.05) is 0 Å². The van der Waals surface area contributed by atoms with Gasteiger partial charge in [0.25, 0.3) is 0 Å². The number of hydrogen-bond acceptors (Lipinski definition) is 0. The molecular weight excluding hydrogens is 205 g/mol. The van der Waals surface area contributed by atoms with E-state index in [1.54, 1.807) is 0 Å². The Labute approximate surface area is 86.5 Å². The molecule has 0 unspecified atom stereocenters. The summed E-state index contributed by atoms with van der Waals surface area (Å²) in [6.45, 7) is 0. The van der Waals surface area contributed by atoms with Gasteiger partial charge in [-0.2, -0.15) is 0 Å². The third-order valence-corrected chi connectivity index (χ3v) is 2.33. The molecule has 0 aliphatic carbocycles. The van der Waals surface area contributed by atoms with Crippen molar-refractivity contribution in [3.63, 3.8) is 0 Å². The second kappa shape index (κ2) is 3.44. The van der Waals surface area contributed by atoms with Crippen LogP contribution in [0.2, 0.25) is 10.0 Å². The fraction of sp³-hybridized carbons (Fsp3) is 0. The van der Waals surface area contributed by atoms with E-state index < -0.39 is 0 Å². The number of para-hydroxylation sites is 1. The highest BCUT2D eigenvalue weighted by atomic mass is 35.5. The molecule has 3 heteroatoms. The highest BCUT2D eigenvalue weighted by Gasteiger charge is 2.00. The number of benzene rings is 1. The van der Waals surface area contributed by atoms with E-state index in [1.807, 2.05) is 47.3 Å². The Kier molecular flexibility index (Phi) is 2.30. The van der Waals surface area contributed by atoms with E-state index in [0.29, 0.717) is 5.02 Å². The molecule has 0 atom stereocenters. The molecule has 0 fully saturated rings. The molecule has 13 heavy (non-hydrogen) atoms. The van der Waals surface area contributed by atoms with Gasteiger partial charge in [-0.3, -0.25) is 0 Å². The van der Waals surface area contributed by atoms with E-state index in [0.717, 1.165) is 10.7 Å². The van der Waals surface area contributed by atoms with Crippen molar-refractivity contribution in [3.8, 4) is 5.69 Å². The number of halogens is 2. The van der Waals surface area contributed by atoms with Crippen molar-refractivity contribution in [2.45, 2.75) is 0 Å². The molecular formula is C10H7Cl2N. The maximum atomic E-state index is 6.00. The molecule has 0 radical (unpaired) electrons. The molecule has 0 saturated carbocycles. The highest BCUT2D eigenvalue weighted by Crippen LogP contribution is 2.21. The van der Waals surface area contributed by atoms with E-state index in [4.69, 9.17) is 23.2 Å². The Balaban J connectivity index is 2.52. The lowest BCUT2D eigenvalue weighted by molar-refractivity contribution is 1.08. The van der Waals surface area contributed by atoms with Crippen molar-refractivity contribution < 1.29 is 0 Å². The molecule has 0 bridgehead atoms. The molecule has 1 aromatic heterocycles. The van der Waals surface area contributed by atoms with Gasteiger partial charge in [0.05, 0.1) is 15.7 Å². The largest absolute Gasteiger partial charge is 0.321 e. The van der Waals surface area contributed by atoms with Gasteiger partial charge in [-0.15, -0.1) is 0 Å². The molecule has 1 aromatic carbocycles. The summed E-state index contributed by atoms with van der Waals surface area (Å²) < 4.78 is 1.89. The zero-order valence-electron chi connectivity index (χ0n) is 6.74. The van der Waals surface area contributed by atoms with Crippen molar-refractivity contribution >= 4 is 23.2 Å². The fourth-order valence-electron chi connectivity index (χ4n) is 1.18. The van der Waals surface area contributed by atoms with Gasteiger partial charge in [-0.1, -0.05) is 35.3 Å². The number of nitrogens with zero attached hydrogens (tertiary/aromatic N) is 1. The first-order valence-corrected chi connectivity index (χ1v) is 4.61. The number of aromatic nitrogens is 1. The smallest absolute Gasteiger partial charge is 0.0646 e. The first-order chi connectivity index (χ1) is 6.27. The second-order valence-electron chi connectivity index (χ2n) is 2.69. The van der Waals surface area contributed by atoms with Crippen LogP contribution in [-0.4, -0.2) is 4.57 Å². The second-order valence-corrected chi connectivity index (χ2v) is 3.53. The van der Waals surface area contributed by atoms with Crippen LogP contribution in [0.15, 0.2) is 42.7 Å². The molecule has 66 valence electrons. The van der Waals surface area contributed by atoms with Gasteiger partial charge in [0.15, 0.2) is 0 Å². The molecule has 0 spiro atoms. The number of rotatable bonds is 1. The SMILES string of the molecule is Clc1ccn(-c2ccccc2Cl)c1. The van der Waals surface area contributed by atoms with Gasteiger partial charge in [0, 0.05) is 12.4 Å². The van der Waals surface area contributed by atoms with E-state index in [1.165, 1.54) is 0 Å². The maximum absolute atomic E-state index is 6.00. The predicted molar refractivity (Wildman–Crippen MR) is 55.8 cm³/mol. The Morgan fingerprint density at radius 2 is 1.77 bits per heavy atom. The molecule has 1 heterocycles. The van der Waals surface area contributed by atoms with Gasteiger partial charge < -0.3 is 4.57 Å². The molecule has 0 N–H and O–H groups in total.